The van der Waals surface area contributed by atoms with Gasteiger partial charge in [0.25, 0.3) is 5.76 Å². The topological polar surface area (TPSA) is 54.6 Å². The van der Waals surface area contributed by atoms with Gasteiger partial charge in [0.1, 0.15) is 11.5 Å². The molecular weight excluding hydrogens is 262 g/mol. The fraction of sp³-hybridized carbons (Fsp3) is 0.455. The number of thioether (sulfide) groups is 1. The van der Waals surface area contributed by atoms with Gasteiger partial charge in [0.05, 0.1) is 12.0 Å². The third-order valence-electron chi connectivity index (χ3n) is 2.35. The Labute approximate surface area is 107 Å². The molecule has 0 saturated heterocycles. The molecule has 1 aliphatic carbocycles. The second kappa shape index (κ2) is 5.99. The zero-order chi connectivity index (χ0) is 13.0. The maximum absolute atomic E-state index is 11.9. The number of furan rings is 1. The van der Waals surface area contributed by atoms with Crippen LogP contribution in [-0.2, 0) is 10.5 Å². The lowest BCUT2D eigenvalue weighted by atomic mass is 10.4. The molecule has 0 aromatic carbocycles. The summed E-state index contributed by atoms with van der Waals surface area (Å²) >= 11 is 0.497. The van der Waals surface area contributed by atoms with Crippen LogP contribution >= 0.6 is 11.8 Å². The normalized spacial score (nSPS) is 15.5. The summed E-state index contributed by atoms with van der Waals surface area (Å²) in [6, 6.07) is 3.23. The van der Waals surface area contributed by atoms with Gasteiger partial charge in [0, 0.05) is 5.92 Å². The van der Waals surface area contributed by atoms with Crippen LogP contribution in [0.25, 0.3) is 0 Å². The van der Waals surface area contributed by atoms with Gasteiger partial charge in [-0.25, -0.2) is 5.43 Å². The number of nitrogens with one attached hydrogen (secondary N) is 1. The van der Waals surface area contributed by atoms with Crippen LogP contribution in [0, 0.1) is 5.92 Å². The highest BCUT2D eigenvalue weighted by atomic mass is 32.2. The van der Waals surface area contributed by atoms with Crippen molar-refractivity contribution >= 4 is 23.9 Å². The van der Waals surface area contributed by atoms with Gasteiger partial charge in [-0.2, -0.15) is 13.9 Å². The third kappa shape index (κ3) is 4.14. The average Bonchev–Trinajstić information content (AvgIpc) is 3.08. The second-order valence-electron chi connectivity index (χ2n) is 3.88. The Balaban J connectivity index is 1.78. The van der Waals surface area contributed by atoms with Crippen LogP contribution in [0.5, 0.6) is 0 Å². The maximum Gasteiger partial charge on any atom is 0.284 e. The number of rotatable bonds is 6. The Morgan fingerprint density at radius 3 is 3.06 bits per heavy atom. The van der Waals surface area contributed by atoms with Gasteiger partial charge in [0.15, 0.2) is 0 Å². The van der Waals surface area contributed by atoms with Gasteiger partial charge >= 0.3 is 0 Å². The molecule has 2 rings (SSSR count). The highest BCUT2D eigenvalue weighted by molar-refractivity contribution is 7.98. The number of amides is 1. The number of hydrogen-bond acceptors (Lipinski definition) is 4. The van der Waals surface area contributed by atoms with Gasteiger partial charge in [-0.1, -0.05) is 11.8 Å². The number of carbonyl (C=O) groups is 1. The van der Waals surface area contributed by atoms with Crippen molar-refractivity contribution < 1.29 is 18.0 Å². The number of alkyl halides is 2. The molecule has 7 heteroatoms. The molecule has 1 fully saturated rings. The molecular formula is C11H12F2N2O2S. The van der Waals surface area contributed by atoms with E-state index >= 15 is 0 Å². The van der Waals surface area contributed by atoms with Crippen molar-refractivity contribution in [2.45, 2.75) is 24.4 Å². The van der Waals surface area contributed by atoms with E-state index in [-0.39, 0.29) is 17.6 Å². The predicted octanol–water partition coefficient (Wildman–Crippen LogP) is 2.60. The zero-order valence-corrected chi connectivity index (χ0v) is 10.3. The van der Waals surface area contributed by atoms with Crippen LogP contribution < -0.4 is 5.43 Å². The van der Waals surface area contributed by atoms with E-state index in [0.29, 0.717) is 23.3 Å². The molecule has 0 aliphatic heterocycles. The van der Waals surface area contributed by atoms with Crippen LogP contribution in [-0.4, -0.2) is 17.9 Å². The number of hydrogen-bond donors (Lipinski definition) is 1. The lowest BCUT2D eigenvalue weighted by Crippen LogP contribution is -2.18. The largest absolute Gasteiger partial charge is 0.459 e. The molecule has 98 valence electrons. The molecule has 0 unspecified atom stereocenters. The van der Waals surface area contributed by atoms with Crippen molar-refractivity contribution in [1.82, 2.24) is 5.43 Å². The minimum Gasteiger partial charge on any atom is -0.459 e. The summed E-state index contributed by atoms with van der Waals surface area (Å²) < 4.78 is 29.1. The van der Waals surface area contributed by atoms with E-state index in [1.54, 1.807) is 12.1 Å². The molecule has 1 aromatic heterocycles. The summed E-state index contributed by atoms with van der Waals surface area (Å²) in [5.74, 6) is -1.42. The van der Waals surface area contributed by atoms with Crippen LogP contribution in [0.3, 0.4) is 0 Å². The standard InChI is InChI=1S/C11H12F2N2O2S/c12-11(13)18-6-9-4-3-8(17-9)5-14-15-10(16)7-1-2-7/h3-5,7,11H,1-2,6H2,(H,15,16)/b14-5-. The first-order valence-corrected chi connectivity index (χ1v) is 6.51. The lowest BCUT2D eigenvalue weighted by molar-refractivity contribution is -0.122. The summed E-state index contributed by atoms with van der Waals surface area (Å²) in [7, 11) is 0. The van der Waals surface area contributed by atoms with Crippen LogP contribution in [0.15, 0.2) is 21.7 Å². The van der Waals surface area contributed by atoms with Gasteiger partial charge in [-0.15, -0.1) is 0 Å². The van der Waals surface area contributed by atoms with Crippen molar-refractivity contribution in [3.63, 3.8) is 0 Å². The molecule has 0 atom stereocenters. The van der Waals surface area contributed by atoms with Gasteiger partial charge in [-0.05, 0) is 25.0 Å². The van der Waals surface area contributed by atoms with Crippen LogP contribution in [0.4, 0.5) is 8.78 Å². The van der Waals surface area contributed by atoms with Crippen molar-refractivity contribution in [3.05, 3.63) is 23.7 Å². The predicted molar refractivity (Wildman–Crippen MR) is 64.5 cm³/mol. The minimum atomic E-state index is -2.41. The molecule has 1 heterocycles. The fourth-order valence-corrected chi connectivity index (χ4v) is 1.73. The van der Waals surface area contributed by atoms with Crippen molar-refractivity contribution in [1.29, 1.82) is 0 Å². The molecule has 1 saturated carbocycles. The summed E-state index contributed by atoms with van der Waals surface area (Å²) in [6.07, 6.45) is 3.19. The first-order valence-electron chi connectivity index (χ1n) is 5.46. The molecule has 18 heavy (non-hydrogen) atoms. The zero-order valence-electron chi connectivity index (χ0n) is 9.44. The average molecular weight is 274 g/mol. The Morgan fingerprint density at radius 1 is 1.61 bits per heavy atom. The van der Waals surface area contributed by atoms with E-state index in [4.69, 9.17) is 4.42 Å². The molecule has 1 aromatic rings. The number of halogens is 2. The van der Waals surface area contributed by atoms with Gasteiger partial charge < -0.3 is 4.42 Å². The maximum atomic E-state index is 11.9. The minimum absolute atomic E-state index is 0.0914. The SMILES string of the molecule is O=C(N/N=C\c1ccc(CSC(F)F)o1)C1CC1. The molecule has 0 spiro atoms. The third-order valence-corrected chi connectivity index (χ3v) is 3.05. The quantitative estimate of drug-likeness (QED) is 0.641. The molecule has 0 radical (unpaired) electrons. The first kappa shape index (κ1) is 13.1. The van der Waals surface area contributed by atoms with Crippen LogP contribution in [0.2, 0.25) is 0 Å². The number of hydrazone groups is 1. The lowest BCUT2D eigenvalue weighted by Gasteiger charge is -1.96. The molecule has 0 bridgehead atoms. The Bertz CT molecular complexity index is 444. The Hall–Kier alpha value is -1.37. The summed E-state index contributed by atoms with van der Waals surface area (Å²) in [5.41, 5.74) is 2.40. The highest BCUT2D eigenvalue weighted by Gasteiger charge is 2.29. The molecule has 1 aliphatic rings. The fourth-order valence-electron chi connectivity index (χ4n) is 1.28. The molecule has 4 nitrogen and oxygen atoms in total. The Morgan fingerprint density at radius 2 is 2.39 bits per heavy atom. The van der Waals surface area contributed by atoms with Crippen molar-refractivity contribution in [2.24, 2.45) is 11.0 Å². The van der Waals surface area contributed by atoms with Crippen molar-refractivity contribution in [3.8, 4) is 0 Å². The number of carbonyl (C=O) groups excluding carboxylic acids is 1. The summed E-state index contributed by atoms with van der Waals surface area (Å²) in [6.45, 7) is 0. The first-order chi connectivity index (χ1) is 8.65. The smallest absolute Gasteiger partial charge is 0.284 e. The van der Waals surface area contributed by atoms with E-state index in [2.05, 4.69) is 10.5 Å². The molecule has 1 amide bonds. The monoisotopic (exact) mass is 274 g/mol. The van der Waals surface area contributed by atoms with E-state index < -0.39 is 5.76 Å². The second-order valence-corrected chi connectivity index (χ2v) is 4.86. The van der Waals surface area contributed by atoms with Crippen LogP contribution in [0.1, 0.15) is 24.4 Å². The summed E-state index contributed by atoms with van der Waals surface area (Å²) in [5, 5.41) is 3.74. The number of nitrogens with zero attached hydrogens (tertiary/aromatic N) is 1. The highest BCUT2D eigenvalue weighted by Crippen LogP contribution is 2.28. The van der Waals surface area contributed by atoms with E-state index in [9.17, 15) is 13.6 Å². The van der Waals surface area contributed by atoms with E-state index in [1.807, 2.05) is 0 Å². The summed E-state index contributed by atoms with van der Waals surface area (Å²) in [4.78, 5) is 11.2. The molecule has 1 N–H and O–H groups in total. The van der Waals surface area contributed by atoms with Crippen molar-refractivity contribution in [2.75, 3.05) is 0 Å². The van der Waals surface area contributed by atoms with Gasteiger partial charge in [-0.3, -0.25) is 4.79 Å². The van der Waals surface area contributed by atoms with E-state index in [0.717, 1.165) is 12.8 Å². The van der Waals surface area contributed by atoms with Gasteiger partial charge in [0.2, 0.25) is 5.91 Å². The van der Waals surface area contributed by atoms with E-state index in [1.165, 1.54) is 6.21 Å². The Kier molecular flexibility index (Phi) is 4.35.